The molecule has 0 aliphatic carbocycles. The van der Waals surface area contributed by atoms with E-state index in [0.29, 0.717) is 17.3 Å². The zero-order valence-electron chi connectivity index (χ0n) is 12.6. The topological polar surface area (TPSA) is 83.8 Å². The van der Waals surface area contributed by atoms with Crippen LogP contribution in [0.4, 0.5) is 0 Å². The number of hydrogen-bond acceptors (Lipinski definition) is 6. The lowest BCUT2D eigenvalue weighted by Crippen LogP contribution is -2.17. The van der Waals surface area contributed by atoms with E-state index in [1.54, 1.807) is 26.5 Å². The molecule has 1 heterocycles. The van der Waals surface area contributed by atoms with E-state index in [0.717, 1.165) is 11.3 Å². The van der Waals surface area contributed by atoms with Gasteiger partial charge in [-0.15, -0.1) is 0 Å². The molecular weight excluding hydrogens is 282 g/mol. The predicted octanol–water partition coefficient (Wildman–Crippen LogP) is 2.17. The van der Waals surface area contributed by atoms with E-state index < -0.39 is 0 Å². The van der Waals surface area contributed by atoms with Crippen LogP contribution in [0.3, 0.4) is 0 Å². The average molecular weight is 299 g/mol. The molecule has 1 aromatic rings. The number of benzene rings is 1. The summed E-state index contributed by atoms with van der Waals surface area (Å²) in [4.78, 5) is 15.2. The van der Waals surface area contributed by atoms with Gasteiger partial charge in [-0.05, 0) is 24.3 Å². The molecule has 114 valence electrons. The van der Waals surface area contributed by atoms with Gasteiger partial charge in [0.05, 0.1) is 14.2 Å². The van der Waals surface area contributed by atoms with Gasteiger partial charge in [0, 0.05) is 30.5 Å². The number of methoxy groups -OCH3 is 2. The Morgan fingerprint density at radius 1 is 1.27 bits per heavy atom. The summed E-state index contributed by atoms with van der Waals surface area (Å²) in [7, 11) is 3.15. The van der Waals surface area contributed by atoms with E-state index in [4.69, 9.17) is 14.9 Å². The lowest BCUT2D eigenvalue weighted by Gasteiger charge is -2.16. The molecule has 0 saturated heterocycles. The molecule has 0 radical (unpaired) electrons. The molecule has 6 nitrogen and oxygen atoms in total. The van der Waals surface area contributed by atoms with Crippen LogP contribution >= 0.6 is 0 Å². The number of nitrogens with zero attached hydrogens (tertiary/aromatic N) is 1. The second kappa shape index (κ2) is 6.71. The normalized spacial score (nSPS) is 15.0. The molecule has 6 heteroatoms. The molecule has 0 atom stereocenters. The lowest BCUT2D eigenvalue weighted by molar-refractivity contribution is -0.111. The van der Waals surface area contributed by atoms with E-state index in [1.807, 2.05) is 18.2 Å². The van der Waals surface area contributed by atoms with Gasteiger partial charge in [0.15, 0.2) is 17.3 Å². The van der Waals surface area contributed by atoms with Gasteiger partial charge in [-0.2, -0.15) is 0 Å². The van der Waals surface area contributed by atoms with Crippen LogP contribution < -0.4 is 14.8 Å². The summed E-state index contributed by atoms with van der Waals surface area (Å²) in [6.45, 7) is 1.34. The van der Waals surface area contributed by atoms with Crippen LogP contribution in [0.1, 0.15) is 12.5 Å². The van der Waals surface area contributed by atoms with E-state index in [9.17, 15) is 4.79 Å². The highest BCUT2D eigenvalue weighted by Gasteiger charge is 2.11. The molecule has 0 fully saturated rings. The predicted molar refractivity (Wildman–Crippen MR) is 85.6 cm³/mol. The lowest BCUT2D eigenvalue weighted by atomic mass is 10.1. The second-order valence-corrected chi connectivity index (χ2v) is 4.55. The molecule has 0 spiro atoms. The molecule has 0 saturated carbocycles. The van der Waals surface area contributed by atoms with E-state index >= 15 is 0 Å². The second-order valence-electron chi connectivity index (χ2n) is 4.55. The third-order valence-corrected chi connectivity index (χ3v) is 3.07. The SMILES string of the molecule is COc1ccc(C2=CC=N/C(=C/C(=N)C(C)=O)N2)cc1OC. The van der Waals surface area contributed by atoms with Gasteiger partial charge >= 0.3 is 0 Å². The van der Waals surface area contributed by atoms with Crippen LogP contribution in [-0.4, -0.2) is 31.9 Å². The number of ether oxygens (including phenoxy) is 2. The van der Waals surface area contributed by atoms with Gasteiger partial charge in [-0.1, -0.05) is 0 Å². The first kappa shape index (κ1) is 15.5. The molecule has 0 amide bonds. The number of ketones is 1. The maximum Gasteiger partial charge on any atom is 0.177 e. The standard InChI is InChI=1S/C16H17N3O3/c1-10(20)12(17)9-16-18-7-6-13(19-16)11-4-5-14(21-2)15(8-11)22-3/h4-9,17,19H,1-3H3/b16-9-,17-12?. The maximum atomic E-state index is 11.1. The van der Waals surface area contributed by atoms with Crippen LogP contribution in [0, 0.1) is 5.41 Å². The molecule has 2 N–H and O–H groups in total. The highest BCUT2D eigenvalue weighted by Crippen LogP contribution is 2.30. The largest absolute Gasteiger partial charge is 0.493 e. The highest BCUT2D eigenvalue weighted by atomic mass is 16.5. The fourth-order valence-electron chi connectivity index (χ4n) is 1.89. The average Bonchev–Trinajstić information content (AvgIpc) is 2.54. The van der Waals surface area contributed by atoms with Gasteiger partial charge < -0.3 is 14.8 Å². The van der Waals surface area contributed by atoms with Crippen molar-refractivity contribution in [1.29, 1.82) is 5.41 Å². The Labute approximate surface area is 128 Å². The van der Waals surface area contributed by atoms with Crippen molar-refractivity contribution in [1.82, 2.24) is 5.32 Å². The Balaban J connectivity index is 2.27. The number of allylic oxidation sites excluding steroid dienone is 2. The molecule has 0 unspecified atom stereocenters. The first-order chi connectivity index (χ1) is 10.5. The quantitative estimate of drug-likeness (QED) is 0.816. The molecule has 0 bridgehead atoms. The van der Waals surface area contributed by atoms with Gasteiger partial charge in [-0.3, -0.25) is 10.2 Å². The Bertz CT molecular complexity index is 703. The summed E-state index contributed by atoms with van der Waals surface area (Å²) in [5, 5.41) is 10.7. The number of carbonyl (C=O) groups excluding carboxylic acids is 1. The number of carbonyl (C=O) groups is 1. The summed E-state index contributed by atoms with van der Waals surface area (Å²) in [6.07, 6.45) is 4.81. The van der Waals surface area contributed by atoms with Crippen molar-refractivity contribution in [2.45, 2.75) is 6.92 Å². The number of hydrogen-bond donors (Lipinski definition) is 2. The Morgan fingerprint density at radius 3 is 2.64 bits per heavy atom. The fourth-order valence-corrected chi connectivity index (χ4v) is 1.89. The zero-order valence-corrected chi connectivity index (χ0v) is 12.6. The van der Waals surface area contributed by atoms with Crippen molar-refractivity contribution in [3.05, 3.63) is 41.7 Å². The minimum absolute atomic E-state index is 0.104. The van der Waals surface area contributed by atoms with E-state index in [2.05, 4.69) is 10.3 Å². The number of aliphatic imine (C=N–C) groups is 1. The summed E-state index contributed by atoms with van der Waals surface area (Å²) in [5.74, 6) is 1.39. The van der Waals surface area contributed by atoms with Gasteiger partial charge in [0.1, 0.15) is 11.5 Å². The summed E-state index contributed by atoms with van der Waals surface area (Å²) in [5.41, 5.74) is 1.57. The minimum atomic E-state index is -0.313. The van der Waals surface area contributed by atoms with Gasteiger partial charge in [-0.25, -0.2) is 4.99 Å². The van der Waals surface area contributed by atoms with Crippen LogP contribution in [0.25, 0.3) is 5.70 Å². The molecule has 0 aromatic heterocycles. The Hall–Kier alpha value is -2.89. The fraction of sp³-hybridized carbons (Fsp3) is 0.188. The van der Waals surface area contributed by atoms with E-state index in [1.165, 1.54) is 13.0 Å². The maximum absolute atomic E-state index is 11.1. The van der Waals surface area contributed by atoms with Crippen LogP contribution in [0.2, 0.25) is 0 Å². The van der Waals surface area contributed by atoms with Crippen LogP contribution in [0.15, 0.2) is 41.2 Å². The Kier molecular flexibility index (Phi) is 4.73. The minimum Gasteiger partial charge on any atom is -0.493 e. The molecule has 1 aliphatic heterocycles. The first-order valence-corrected chi connectivity index (χ1v) is 6.60. The van der Waals surface area contributed by atoms with Crippen molar-refractivity contribution in [2.75, 3.05) is 14.2 Å². The summed E-state index contributed by atoms with van der Waals surface area (Å²) in [6, 6.07) is 5.53. The van der Waals surface area contributed by atoms with Crippen molar-refractivity contribution >= 4 is 23.4 Å². The molecule has 1 aliphatic rings. The monoisotopic (exact) mass is 299 g/mol. The number of Topliss-reactive ketones (excluding diaryl/α,β-unsaturated/α-hetero) is 1. The van der Waals surface area contributed by atoms with Crippen molar-refractivity contribution < 1.29 is 14.3 Å². The van der Waals surface area contributed by atoms with Gasteiger partial charge in [0.2, 0.25) is 0 Å². The van der Waals surface area contributed by atoms with Crippen molar-refractivity contribution in [3.63, 3.8) is 0 Å². The molecule has 2 rings (SSSR count). The first-order valence-electron chi connectivity index (χ1n) is 6.60. The van der Waals surface area contributed by atoms with Crippen LogP contribution in [0.5, 0.6) is 11.5 Å². The summed E-state index contributed by atoms with van der Waals surface area (Å²) < 4.78 is 10.5. The highest BCUT2D eigenvalue weighted by molar-refractivity contribution is 6.42. The van der Waals surface area contributed by atoms with E-state index in [-0.39, 0.29) is 11.5 Å². The van der Waals surface area contributed by atoms with Crippen molar-refractivity contribution in [2.24, 2.45) is 4.99 Å². The Morgan fingerprint density at radius 2 is 2.00 bits per heavy atom. The molecular formula is C16H17N3O3. The number of rotatable bonds is 5. The number of nitrogens with one attached hydrogen (secondary N) is 2. The van der Waals surface area contributed by atoms with Crippen LogP contribution in [-0.2, 0) is 4.79 Å². The third kappa shape index (κ3) is 3.41. The van der Waals surface area contributed by atoms with Gasteiger partial charge in [0.25, 0.3) is 0 Å². The van der Waals surface area contributed by atoms with Crippen molar-refractivity contribution in [3.8, 4) is 11.5 Å². The molecule has 1 aromatic carbocycles. The summed E-state index contributed by atoms with van der Waals surface area (Å²) >= 11 is 0. The zero-order chi connectivity index (χ0) is 16.1. The third-order valence-electron chi connectivity index (χ3n) is 3.07. The smallest absolute Gasteiger partial charge is 0.177 e. The molecule has 22 heavy (non-hydrogen) atoms.